The van der Waals surface area contributed by atoms with Gasteiger partial charge in [0.05, 0.1) is 29.1 Å². The topological polar surface area (TPSA) is 50.9 Å². The van der Waals surface area contributed by atoms with Crippen LogP contribution in [0.5, 0.6) is 5.75 Å². The van der Waals surface area contributed by atoms with Crippen molar-refractivity contribution in [2.75, 3.05) is 0 Å². The highest BCUT2D eigenvalue weighted by Gasteiger charge is 2.29. The third-order valence-corrected chi connectivity index (χ3v) is 11.1. The lowest BCUT2D eigenvalue weighted by Gasteiger charge is -2.27. The van der Waals surface area contributed by atoms with Crippen molar-refractivity contribution in [3.8, 4) is 67.5 Å². The van der Waals surface area contributed by atoms with Crippen LogP contribution in [0.4, 0.5) is 0 Å². The Morgan fingerprint density at radius 2 is 1.30 bits per heavy atom. The first-order valence-corrected chi connectivity index (χ1v) is 20.2. The van der Waals surface area contributed by atoms with Crippen molar-refractivity contribution in [3.05, 3.63) is 167 Å². The van der Waals surface area contributed by atoms with Crippen molar-refractivity contribution in [3.63, 3.8) is 0 Å². The predicted octanol–water partition coefficient (Wildman–Crippen LogP) is 15.0. The average molecular weight is 799 g/mol. The maximum atomic E-state index is 12.5. The number of aromatic nitrogens is 3. The Balaban J connectivity index is 1.49. The van der Waals surface area contributed by atoms with Crippen LogP contribution in [-0.4, -0.2) is 19.6 Å². The number of nitrogens with zero attached hydrogens (tertiary/aromatic N) is 3. The lowest BCUT2D eigenvalue weighted by molar-refractivity contribution is 0.446. The first-order chi connectivity index (χ1) is 32.9. The fourth-order valence-corrected chi connectivity index (χ4v) is 7.69. The van der Waals surface area contributed by atoms with E-state index in [1.807, 2.05) is 67.8 Å². The molecule has 0 atom stereocenters. The van der Waals surface area contributed by atoms with Crippen molar-refractivity contribution in [2.24, 2.45) is 0 Å². The molecule has 2 aromatic heterocycles. The molecule has 0 unspecified atom stereocenters. The summed E-state index contributed by atoms with van der Waals surface area (Å²) in [7, 11) is 0. The normalized spacial score (nSPS) is 15.4. The molecular weight excluding hydrogens is 731 g/mol. The fourth-order valence-electron chi connectivity index (χ4n) is 7.69. The molecule has 0 aliphatic rings. The summed E-state index contributed by atoms with van der Waals surface area (Å²) < 4.78 is 96.4. The Morgan fingerprint density at radius 1 is 0.583 bits per heavy atom. The number of benzene rings is 6. The molecule has 2 heterocycles. The first kappa shape index (κ1) is 29.0. The van der Waals surface area contributed by atoms with Crippen LogP contribution in [-0.2, 0) is 16.2 Å². The molecule has 0 saturated heterocycles. The average Bonchev–Trinajstić information content (AvgIpc) is 3.68. The van der Waals surface area contributed by atoms with E-state index in [1.165, 1.54) is 6.07 Å². The Hall–Kier alpha value is -6.26. The number of aromatic hydroxyl groups is 1. The van der Waals surface area contributed by atoms with Gasteiger partial charge < -0.3 is 5.11 Å². The Kier molecular flexibility index (Phi) is 7.30. The lowest BCUT2D eigenvalue weighted by Crippen LogP contribution is -2.17. The van der Waals surface area contributed by atoms with Crippen LogP contribution >= 0.6 is 0 Å². The van der Waals surface area contributed by atoms with E-state index in [0.717, 1.165) is 16.7 Å². The van der Waals surface area contributed by atoms with Crippen molar-refractivity contribution >= 4 is 11.0 Å². The van der Waals surface area contributed by atoms with Crippen LogP contribution in [0.25, 0.3) is 72.7 Å². The smallest absolute Gasteiger partial charge is 0.149 e. The maximum absolute atomic E-state index is 12.5. The molecule has 60 heavy (non-hydrogen) atoms. The molecule has 8 aromatic rings. The number of fused-ring (bicyclic) bond motifs is 1. The summed E-state index contributed by atoms with van der Waals surface area (Å²) in [5.74, 6) is 0.308. The maximum Gasteiger partial charge on any atom is 0.149 e. The molecule has 0 radical (unpaired) electrons. The summed E-state index contributed by atoms with van der Waals surface area (Å²) in [4.78, 5) is 10.2. The molecule has 0 spiro atoms. The van der Waals surface area contributed by atoms with Gasteiger partial charge in [0.1, 0.15) is 11.6 Å². The van der Waals surface area contributed by atoms with Gasteiger partial charge in [0.25, 0.3) is 0 Å². The zero-order valence-corrected chi connectivity index (χ0v) is 35.7. The fraction of sp³-hybridized carbons (Fsp3) is 0.250. The summed E-state index contributed by atoms with van der Waals surface area (Å²) in [6, 6.07) is 29.1. The van der Waals surface area contributed by atoms with Crippen LogP contribution < -0.4 is 0 Å². The molecule has 6 aromatic carbocycles. The van der Waals surface area contributed by atoms with E-state index in [1.54, 1.807) is 54.7 Å². The van der Waals surface area contributed by atoms with Gasteiger partial charge in [-0.3, -0.25) is 9.55 Å². The molecule has 302 valence electrons. The van der Waals surface area contributed by atoms with Crippen LogP contribution in [0.15, 0.2) is 140 Å². The van der Waals surface area contributed by atoms with E-state index in [9.17, 15) is 5.11 Å². The van der Waals surface area contributed by atoms with Crippen LogP contribution in [0, 0.1) is 13.7 Å². The summed E-state index contributed by atoms with van der Waals surface area (Å²) >= 11 is 0. The highest BCUT2D eigenvalue weighted by Crippen LogP contribution is 2.45. The number of phenolic OH excluding ortho intramolecular Hbond substituents is 1. The molecule has 4 nitrogen and oxygen atoms in total. The van der Waals surface area contributed by atoms with Gasteiger partial charge in [-0.25, -0.2) is 4.98 Å². The number of pyridine rings is 1. The van der Waals surface area contributed by atoms with Crippen LogP contribution in [0.2, 0.25) is 0 Å². The van der Waals surface area contributed by atoms with Gasteiger partial charge in [-0.05, 0) is 129 Å². The van der Waals surface area contributed by atoms with Gasteiger partial charge in [0, 0.05) is 36.8 Å². The van der Waals surface area contributed by atoms with Crippen molar-refractivity contribution < 1.29 is 20.2 Å². The zero-order chi connectivity index (χ0) is 52.1. The minimum Gasteiger partial charge on any atom is -0.507 e. The van der Waals surface area contributed by atoms with Crippen molar-refractivity contribution in [1.82, 2.24) is 14.5 Å². The van der Waals surface area contributed by atoms with Gasteiger partial charge in [-0.2, -0.15) is 0 Å². The minimum absolute atomic E-state index is 0.00383. The lowest BCUT2D eigenvalue weighted by atomic mass is 9.79. The molecule has 0 aliphatic carbocycles. The van der Waals surface area contributed by atoms with Gasteiger partial charge in [-0.1, -0.05) is 147 Å². The monoisotopic (exact) mass is 799 g/mol. The molecule has 4 heteroatoms. The second kappa shape index (κ2) is 15.1. The zero-order valence-electron chi connectivity index (χ0n) is 46.7. The number of hydrogen-bond acceptors (Lipinski definition) is 3. The highest BCUT2D eigenvalue weighted by atomic mass is 16.3. The van der Waals surface area contributed by atoms with Gasteiger partial charge in [0.15, 0.2) is 0 Å². The molecule has 0 aliphatic heterocycles. The molecule has 0 amide bonds. The Morgan fingerprint density at radius 3 is 1.98 bits per heavy atom. The molecule has 1 N–H and O–H groups in total. The van der Waals surface area contributed by atoms with Crippen LogP contribution in [0.1, 0.15) is 105 Å². The van der Waals surface area contributed by atoms with Crippen molar-refractivity contribution in [1.29, 1.82) is 0 Å². The first-order valence-electron chi connectivity index (χ1n) is 25.7. The largest absolute Gasteiger partial charge is 0.507 e. The summed E-state index contributed by atoms with van der Waals surface area (Å²) in [6.45, 7) is 13.0. The third kappa shape index (κ3) is 7.68. The van der Waals surface area contributed by atoms with Crippen molar-refractivity contribution in [2.45, 2.75) is 92.3 Å². The molecular formula is C56H57N3O. The Labute approximate surface area is 372 Å². The van der Waals surface area contributed by atoms with Gasteiger partial charge in [-0.15, -0.1) is 0 Å². The van der Waals surface area contributed by atoms with E-state index in [2.05, 4.69) is 47.6 Å². The van der Waals surface area contributed by atoms with Gasteiger partial charge >= 0.3 is 0 Å². The summed E-state index contributed by atoms with van der Waals surface area (Å²) in [5, 5.41) is 12.5. The molecule has 0 saturated carbocycles. The second-order valence-electron chi connectivity index (χ2n) is 18.6. The van der Waals surface area contributed by atoms with Gasteiger partial charge in [0.2, 0.25) is 0 Å². The predicted molar refractivity (Wildman–Crippen MR) is 253 cm³/mol. The SMILES string of the molecule is [2H]c1c([2H])c([2H])c(-c2ccnc(-c3cc(-c4cccc5c4nc(-c4cc(C(C)(C)C)cc(C(C)(C)C)c4O)n5-c4cc(-c5ccccc5)c(C([2H])([2H])[2H])c(C([2H])([2H])[2H])c4)cc(C(C)(C)C)c3)c2)c([2H])c1[2H]. The number of imidazole rings is 1. The number of phenols is 1. The summed E-state index contributed by atoms with van der Waals surface area (Å²) in [5.41, 5.74) is 6.30. The minimum atomic E-state index is -2.85. The van der Waals surface area contributed by atoms with E-state index < -0.39 is 37.2 Å². The number of para-hydroxylation sites is 1. The number of rotatable bonds is 6. The molecule has 0 fully saturated rings. The second-order valence-corrected chi connectivity index (χ2v) is 18.6. The number of hydrogen-bond donors (Lipinski definition) is 1. The highest BCUT2D eigenvalue weighted by molar-refractivity contribution is 5.97. The Bertz CT molecular complexity index is 3380. The summed E-state index contributed by atoms with van der Waals surface area (Å²) in [6.07, 6.45) is 1.56. The van der Waals surface area contributed by atoms with Crippen LogP contribution in [0.3, 0.4) is 0 Å². The third-order valence-electron chi connectivity index (χ3n) is 11.1. The van der Waals surface area contributed by atoms with E-state index >= 15 is 0 Å². The standard InChI is InChI=1S/C56H57N3O/c1-35-27-44(34-46(36(35)2)38-21-16-13-17-22-38)59-50-24-18-23-45(51(50)58-53(59)47-32-43(55(6,7)8)33-48(52(47)60)56(9,10)11)40-28-41(30-42(29-40)54(3,4)5)49-31-39(25-26-57-49)37-19-14-12-15-20-37/h12-34,60H,1-11H3/i1D3,2D3,12D,14D,15D,19D,20D. The van der Waals surface area contributed by atoms with E-state index in [-0.39, 0.29) is 50.9 Å². The quantitative estimate of drug-likeness (QED) is 0.182. The molecule has 0 bridgehead atoms. The number of aryl methyl sites for hydroxylation is 1. The van der Waals surface area contributed by atoms with E-state index in [4.69, 9.17) is 25.0 Å². The molecule has 8 rings (SSSR count). The van der Waals surface area contributed by atoms with E-state index in [0.29, 0.717) is 61.6 Å².